The highest BCUT2D eigenvalue weighted by molar-refractivity contribution is 7.86. The fraction of sp³-hybridized carbons (Fsp3) is 0.765. The molecule has 5 rings (SSSR count). The lowest BCUT2D eigenvalue weighted by Crippen LogP contribution is -2.48. The second-order valence-electron chi connectivity index (χ2n) is 14.4. The Bertz CT molecular complexity index is 1100. The van der Waals surface area contributed by atoms with Crippen molar-refractivity contribution in [2.75, 3.05) is 0 Å². The molecule has 0 bridgehead atoms. The Labute approximate surface area is 233 Å². The Morgan fingerprint density at radius 3 is 2.47 bits per heavy atom. The highest BCUT2D eigenvalue weighted by Crippen LogP contribution is 2.65. The first-order valence-electron chi connectivity index (χ1n) is 15.7. The van der Waals surface area contributed by atoms with Gasteiger partial charge in [0.15, 0.2) is 0 Å². The average Bonchev–Trinajstić information content (AvgIpc) is 3.20. The van der Waals surface area contributed by atoms with Crippen LogP contribution in [0.15, 0.2) is 40.8 Å². The molecule has 7 unspecified atom stereocenters. The highest BCUT2D eigenvalue weighted by atomic mass is 32.2. The van der Waals surface area contributed by atoms with Crippen molar-refractivity contribution in [2.45, 2.75) is 117 Å². The highest BCUT2D eigenvalue weighted by Gasteiger charge is 2.57. The van der Waals surface area contributed by atoms with E-state index in [0.717, 1.165) is 53.9 Å². The Hall–Kier alpha value is -1.13. The van der Waals surface area contributed by atoms with Crippen LogP contribution in [-0.4, -0.2) is 14.5 Å². The molecule has 4 aliphatic carbocycles. The Kier molecular flexibility index (Phi) is 8.25. The van der Waals surface area contributed by atoms with Crippen molar-refractivity contribution >= 4 is 10.1 Å². The lowest BCUT2D eigenvalue weighted by molar-refractivity contribution is -0.0384. The Morgan fingerprint density at radius 1 is 1.03 bits per heavy atom. The van der Waals surface area contributed by atoms with Crippen LogP contribution >= 0.6 is 0 Å². The molecule has 9 atom stereocenters. The van der Waals surface area contributed by atoms with Crippen LogP contribution in [0.5, 0.6) is 0 Å². The fourth-order valence-corrected chi connectivity index (χ4v) is 10.8. The van der Waals surface area contributed by atoms with E-state index in [0.29, 0.717) is 17.3 Å². The van der Waals surface area contributed by atoms with Crippen LogP contribution in [0.3, 0.4) is 0 Å². The zero-order chi connectivity index (χ0) is 27.2. The van der Waals surface area contributed by atoms with Gasteiger partial charge in [-0.05, 0) is 117 Å². The number of hydrogen-bond donors (Lipinski definition) is 0. The predicted molar refractivity (Wildman–Crippen MR) is 156 cm³/mol. The predicted octanol–water partition coefficient (Wildman–Crippen LogP) is 8.97. The van der Waals surface area contributed by atoms with Crippen molar-refractivity contribution in [1.82, 2.24) is 0 Å². The zero-order valence-corrected chi connectivity index (χ0v) is 25.6. The maximum Gasteiger partial charge on any atom is 0.297 e. The van der Waals surface area contributed by atoms with E-state index >= 15 is 0 Å². The molecule has 1 aromatic carbocycles. The van der Waals surface area contributed by atoms with E-state index in [4.69, 9.17) is 4.18 Å². The van der Waals surface area contributed by atoms with E-state index in [1.807, 2.05) is 19.1 Å². The minimum absolute atomic E-state index is 0.244. The molecule has 3 fully saturated rings. The molecule has 3 nitrogen and oxygen atoms in total. The van der Waals surface area contributed by atoms with Gasteiger partial charge >= 0.3 is 0 Å². The minimum atomic E-state index is -3.73. The second-order valence-corrected chi connectivity index (χ2v) is 16.0. The summed E-state index contributed by atoms with van der Waals surface area (Å²) >= 11 is 0. The number of allylic oxidation sites excluding steroid dienone is 1. The van der Waals surface area contributed by atoms with E-state index in [9.17, 15) is 8.42 Å². The van der Waals surface area contributed by atoms with Crippen molar-refractivity contribution < 1.29 is 12.6 Å². The first kappa shape index (κ1) is 28.4. The monoisotopic (exact) mass is 540 g/mol. The van der Waals surface area contributed by atoms with E-state index in [2.05, 4.69) is 40.7 Å². The van der Waals surface area contributed by atoms with Crippen LogP contribution in [0.4, 0.5) is 0 Å². The quantitative estimate of drug-likeness (QED) is 0.244. The summed E-state index contributed by atoms with van der Waals surface area (Å²) in [7, 11) is -3.73. The Morgan fingerprint density at radius 2 is 1.76 bits per heavy atom. The molecule has 0 N–H and O–H groups in total. The summed E-state index contributed by atoms with van der Waals surface area (Å²) < 4.78 is 31.9. The zero-order valence-electron chi connectivity index (χ0n) is 24.8. The van der Waals surface area contributed by atoms with Gasteiger partial charge in [-0.15, -0.1) is 0 Å². The van der Waals surface area contributed by atoms with Crippen molar-refractivity contribution in [3.05, 3.63) is 41.5 Å². The van der Waals surface area contributed by atoms with Crippen molar-refractivity contribution in [3.63, 3.8) is 0 Å². The van der Waals surface area contributed by atoms with Crippen LogP contribution in [0.2, 0.25) is 0 Å². The van der Waals surface area contributed by atoms with Gasteiger partial charge in [0.25, 0.3) is 10.1 Å². The topological polar surface area (TPSA) is 43.4 Å². The summed E-state index contributed by atoms with van der Waals surface area (Å²) in [5.74, 6) is 6.08. The van der Waals surface area contributed by atoms with Gasteiger partial charge in [0.05, 0.1) is 11.0 Å². The van der Waals surface area contributed by atoms with E-state index in [-0.39, 0.29) is 11.0 Å². The molecule has 0 saturated heterocycles. The summed E-state index contributed by atoms with van der Waals surface area (Å²) in [4.78, 5) is 0.274. The van der Waals surface area contributed by atoms with E-state index in [1.54, 1.807) is 12.1 Å². The van der Waals surface area contributed by atoms with E-state index in [1.165, 1.54) is 56.9 Å². The number of hydrogen-bond acceptors (Lipinski definition) is 3. The molecule has 0 spiro atoms. The summed E-state index contributed by atoms with van der Waals surface area (Å²) in [5, 5.41) is 0. The Balaban J connectivity index is 1.27. The number of rotatable bonds is 8. The molecular formula is C34H52O3S. The molecule has 0 aliphatic heterocycles. The number of fused-ring (bicyclic) bond motifs is 5. The van der Waals surface area contributed by atoms with Gasteiger partial charge in [-0.2, -0.15) is 8.42 Å². The molecule has 212 valence electrons. The van der Waals surface area contributed by atoms with Gasteiger partial charge in [-0.3, -0.25) is 4.18 Å². The van der Waals surface area contributed by atoms with Gasteiger partial charge in [0.2, 0.25) is 0 Å². The fourth-order valence-electron chi connectivity index (χ4n) is 9.75. The molecule has 38 heavy (non-hydrogen) atoms. The normalized spacial score (nSPS) is 37.8. The van der Waals surface area contributed by atoms with Crippen LogP contribution in [0.1, 0.15) is 104 Å². The number of aryl methyl sites for hydroxylation is 1. The smallest absolute Gasteiger partial charge is 0.263 e. The van der Waals surface area contributed by atoms with Gasteiger partial charge in [-0.1, -0.05) is 83.2 Å². The standard InChI is InChI=1S/C34H52O3S/c1-22(2)8-7-9-24(4)31-16-17-32-29-15-12-26-21-27(37-38(35,36)28-13-10-23(3)11-14-28)20-25(5)33(26)30(29)18-19-34(31,32)6/h10-14,22,24-25,27,29-33H,7-9,15-21H2,1-6H3/t24?,25?,27-,29?,30?,31+,32?,33?,34?/m0/s1. The molecule has 0 aromatic heterocycles. The average molecular weight is 541 g/mol. The minimum Gasteiger partial charge on any atom is -0.263 e. The molecule has 3 saturated carbocycles. The first-order chi connectivity index (χ1) is 18.0. The summed E-state index contributed by atoms with van der Waals surface area (Å²) in [6.45, 7) is 14.3. The van der Waals surface area contributed by atoms with Crippen LogP contribution in [-0.2, 0) is 14.3 Å². The lowest BCUT2D eigenvalue weighted by Gasteiger charge is -2.55. The summed E-state index contributed by atoms with van der Waals surface area (Å²) in [6, 6.07) is 7.03. The van der Waals surface area contributed by atoms with Crippen LogP contribution < -0.4 is 0 Å². The SMILES string of the molecule is Cc1ccc(S(=O)(=O)O[C@@H]2CC3=CCC4C(CCC5(C)C4CC[C@@H]5C(C)CCCC(C)C)C3C(C)C2)cc1. The molecule has 4 aliphatic rings. The van der Waals surface area contributed by atoms with Gasteiger partial charge in [0.1, 0.15) is 0 Å². The lowest BCUT2D eigenvalue weighted by atomic mass is 9.50. The molecule has 0 radical (unpaired) electrons. The van der Waals surface area contributed by atoms with Gasteiger partial charge in [-0.25, -0.2) is 0 Å². The van der Waals surface area contributed by atoms with E-state index < -0.39 is 10.1 Å². The van der Waals surface area contributed by atoms with Crippen molar-refractivity contribution in [1.29, 1.82) is 0 Å². The second kappa shape index (κ2) is 11.0. The maximum absolute atomic E-state index is 13.0. The summed E-state index contributed by atoms with van der Waals surface area (Å²) in [5.41, 5.74) is 3.06. The molecule has 0 amide bonds. The summed E-state index contributed by atoms with van der Waals surface area (Å²) in [6.07, 6.45) is 14.8. The maximum atomic E-state index is 13.0. The molecule has 1 aromatic rings. The molecular weight excluding hydrogens is 488 g/mol. The van der Waals surface area contributed by atoms with Crippen LogP contribution in [0, 0.1) is 59.7 Å². The van der Waals surface area contributed by atoms with Gasteiger partial charge < -0.3 is 0 Å². The molecule has 4 heteroatoms. The van der Waals surface area contributed by atoms with Gasteiger partial charge in [0, 0.05) is 0 Å². The van der Waals surface area contributed by atoms with Crippen LogP contribution in [0.25, 0.3) is 0 Å². The number of benzene rings is 1. The third kappa shape index (κ3) is 5.42. The third-order valence-electron chi connectivity index (χ3n) is 11.5. The van der Waals surface area contributed by atoms with Crippen molar-refractivity contribution in [2.24, 2.45) is 52.8 Å². The third-order valence-corrected chi connectivity index (χ3v) is 12.9. The molecule has 0 heterocycles. The largest absolute Gasteiger partial charge is 0.297 e. The first-order valence-corrected chi connectivity index (χ1v) is 17.1. The van der Waals surface area contributed by atoms with Crippen molar-refractivity contribution in [3.8, 4) is 0 Å².